The standard InChI is InChI=1S/C11H19NO2/c1-5-7-14-10(8-9(3)4)11(13)12-6-2/h5,10H,1,3,6-8H2,2,4H3,(H,12,13). The van der Waals surface area contributed by atoms with E-state index < -0.39 is 6.10 Å². The summed E-state index contributed by atoms with van der Waals surface area (Å²) in [5, 5.41) is 2.72. The lowest BCUT2D eigenvalue weighted by Gasteiger charge is -2.16. The third kappa shape index (κ3) is 5.54. The van der Waals surface area contributed by atoms with Gasteiger partial charge in [-0.1, -0.05) is 11.6 Å². The summed E-state index contributed by atoms with van der Waals surface area (Å²) in [5.74, 6) is -0.0858. The van der Waals surface area contributed by atoms with E-state index in [0.717, 1.165) is 5.57 Å². The van der Waals surface area contributed by atoms with Crippen molar-refractivity contribution < 1.29 is 9.53 Å². The first-order chi connectivity index (χ1) is 6.61. The van der Waals surface area contributed by atoms with Crippen LogP contribution >= 0.6 is 0 Å². The van der Waals surface area contributed by atoms with Crippen LogP contribution in [-0.4, -0.2) is 25.2 Å². The van der Waals surface area contributed by atoms with E-state index in [4.69, 9.17) is 4.74 Å². The molecule has 0 spiro atoms. The molecule has 1 amide bonds. The van der Waals surface area contributed by atoms with Crippen LogP contribution in [0.25, 0.3) is 0 Å². The maximum Gasteiger partial charge on any atom is 0.249 e. The van der Waals surface area contributed by atoms with Crippen LogP contribution in [-0.2, 0) is 9.53 Å². The number of hydrogen-bond acceptors (Lipinski definition) is 2. The Kier molecular flexibility index (Phi) is 6.76. The van der Waals surface area contributed by atoms with Gasteiger partial charge in [-0.15, -0.1) is 13.2 Å². The van der Waals surface area contributed by atoms with Gasteiger partial charge in [0.2, 0.25) is 5.91 Å². The molecule has 0 aliphatic heterocycles. The molecule has 0 saturated heterocycles. The maximum absolute atomic E-state index is 11.5. The van der Waals surface area contributed by atoms with Crippen molar-refractivity contribution in [2.24, 2.45) is 0 Å². The van der Waals surface area contributed by atoms with E-state index in [9.17, 15) is 4.79 Å². The Morgan fingerprint density at radius 2 is 2.29 bits per heavy atom. The van der Waals surface area contributed by atoms with Crippen LogP contribution < -0.4 is 5.32 Å². The molecule has 3 nitrogen and oxygen atoms in total. The van der Waals surface area contributed by atoms with Gasteiger partial charge in [-0.25, -0.2) is 0 Å². The second kappa shape index (κ2) is 7.33. The largest absolute Gasteiger partial charge is 0.364 e. The molecule has 1 N–H and O–H groups in total. The van der Waals surface area contributed by atoms with Gasteiger partial charge in [0.15, 0.2) is 0 Å². The molecule has 0 radical (unpaired) electrons. The van der Waals surface area contributed by atoms with E-state index in [0.29, 0.717) is 19.6 Å². The predicted molar refractivity (Wildman–Crippen MR) is 58.1 cm³/mol. The summed E-state index contributed by atoms with van der Waals surface area (Å²) in [6, 6.07) is 0. The van der Waals surface area contributed by atoms with Gasteiger partial charge < -0.3 is 10.1 Å². The molecule has 0 fully saturated rings. The molecule has 0 aromatic heterocycles. The van der Waals surface area contributed by atoms with E-state index in [2.05, 4.69) is 18.5 Å². The van der Waals surface area contributed by atoms with Crippen LogP contribution in [0.5, 0.6) is 0 Å². The number of amides is 1. The van der Waals surface area contributed by atoms with E-state index in [1.165, 1.54) is 0 Å². The summed E-state index contributed by atoms with van der Waals surface area (Å²) < 4.78 is 5.33. The number of likely N-dealkylation sites (N-methyl/N-ethyl adjacent to an activating group) is 1. The highest BCUT2D eigenvalue weighted by atomic mass is 16.5. The molecule has 3 heteroatoms. The SMILES string of the molecule is C=CCOC(CC(=C)C)C(=O)NCC. The lowest BCUT2D eigenvalue weighted by molar-refractivity contribution is -0.131. The Bertz CT molecular complexity index is 211. The number of carbonyl (C=O) groups is 1. The molecule has 1 unspecified atom stereocenters. The molecular weight excluding hydrogens is 178 g/mol. The zero-order valence-corrected chi connectivity index (χ0v) is 9.01. The van der Waals surface area contributed by atoms with Crippen LogP contribution in [0.15, 0.2) is 24.8 Å². The molecule has 1 atom stereocenters. The Labute approximate surface area is 85.8 Å². The van der Waals surface area contributed by atoms with Gasteiger partial charge in [0.05, 0.1) is 6.61 Å². The normalized spacial score (nSPS) is 11.9. The van der Waals surface area contributed by atoms with Crippen molar-refractivity contribution in [1.82, 2.24) is 5.32 Å². The van der Waals surface area contributed by atoms with E-state index in [1.54, 1.807) is 6.08 Å². The van der Waals surface area contributed by atoms with Gasteiger partial charge in [-0.2, -0.15) is 0 Å². The number of rotatable bonds is 7. The van der Waals surface area contributed by atoms with Crippen LogP contribution in [0, 0.1) is 0 Å². The molecule has 0 aromatic rings. The van der Waals surface area contributed by atoms with Gasteiger partial charge >= 0.3 is 0 Å². The van der Waals surface area contributed by atoms with Crippen molar-refractivity contribution in [1.29, 1.82) is 0 Å². The average molecular weight is 197 g/mol. The zero-order valence-electron chi connectivity index (χ0n) is 9.01. The maximum atomic E-state index is 11.5. The second-order valence-corrected chi connectivity index (χ2v) is 3.17. The van der Waals surface area contributed by atoms with Crippen molar-refractivity contribution in [3.05, 3.63) is 24.8 Å². The third-order valence-electron chi connectivity index (χ3n) is 1.59. The molecule has 0 rings (SSSR count). The van der Waals surface area contributed by atoms with E-state index >= 15 is 0 Å². The molecule has 0 aromatic carbocycles. The van der Waals surface area contributed by atoms with E-state index in [-0.39, 0.29) is 5.91 Å². The minimum atomic E-state index is -0.439. The minimum absolute atomic E-state index is 0.0858. The fraction of sp³-hybridized carbons (Fsp3) is 0.545. The quantitative estimate of drug-likeness (QED) is 0.630. The number of carbonyl (C=O) groups excluding carboxylic acids is 1. The number of hydrogen-bond donors (Lipinski definition) is 1. The third-order valence-corrected chi connectivity index (χ3v) is 1.59. The minimum Gasteiger partial charge on any atom is -0.364 e. The van der Waals surface area contributed by atoms with Crippen molar-refractivity contribution in [3.8, 4) is 0 Å². The van der Waals surface area contributed by atoms with Crippen LogP contribution in [0.2, 0.25) is 0 Å². The van der Waals surface area contributed by atoms with Crippen molar-refractivity contribution in [2.45, 2.75) is 26.4 Å². The monoisotopic (exact) mass is 197 g/mol. The van der Waals surface area contributed by atoms with Crippen LogP contribution in [0.4, 0.5) is 0 Å². The smallest absolute Gasteiger partial charge is 0.249 e. The van der Waals surface area contributed by atoms with Crippen molar-refractivity contribution >= 4 is 5.91 Å². The molecule has 0 saturated carbocycles. The summed E-state index contributed by atoms with van der Waals surface area (Å²) in [7, 11) is 0. The fourth-order valence-corrected chi connectivity index (χ4v) is 1.02. The Balaban J connectivity index is 4.14. The summed E-state index contributed by atoms with van der Waals surface area (Å²) in [4.78, 5) is 11.5. The molecule has 0 aliphatic carbocycles. The highest BCUT2D eigenvalue weighted by Gasteiger charge is 2.17. The molecule has 0 aliphatic rings. The van der Waals surface area contributed by atoms with Gasteiger partial charge in [0, 0.05) is 13.0 Å². The fourth-order valence-electron chi connectivity index (χ4n) is 1.02. The first-order valence-corrected chi connectivity index (χ1v) is 4.76. The lowest BCUT2D eigenvalue weighted by Crippen LogP contribution is -2.36. The van der Waals surface area contributed by atoms with Crippen molar-refractivity contribution in [3.63, 3.8) is 0 Å². The molecule has 80 valence electrons. The first-order valence-electron chi connectivity index (χ1n) is 4.76. The molecule has 0 bridgehead atoms. The van der Waals surface area contributed by atoms with Gasteiger partial charge in [-0.05, 0) is 13.8 Å². The topological polar surface area (TPSA) is 38.3 Å². The molecule has 14 heavy (non-hydrogen) atoms. The predicted octanol–water partition coefficient (Wildman–Crippen LogP) is 1.66. The Morgan fingerprint density at radius 3 is 2.71 bits per heavy atom. The zero-order chi connectivity index (χ0) is 11.0. The Morgan fingerprint density at radius 1 is 1.64 bits per heavy atom. The first kappa shape index (κ1) is 12.9. The summed E-state index contributed by atoms with van der Waals surface area (Å²) in [6.45, 7) is 12.1. The summed E-state index contributed by atoms with van der Waals surface area (Å²) in [6.07, 6.45) is 1.75. The van der Waals surface area contributed by atoms with Crippen LogP contribution in [0.3, 0.4) is 0 Å². The lowest BCUT2D eigenvalue weighted by atomic mass is 10.1. The highest BCUT2D eigenvalue weighted by Crippen LogP contribution is 2.06. The molecular formula is C11H19NO2. The summed E-state index contributed by atoms with van der Waals surface area (Å²) >= 11 is 0. The van der Waals surface area contributed by atoms with Crippen molar-refractivity contribution in [2.75, 3.05) is 13.2 Å². The second-order valence-electron chi connectivity index (χ2n) is 3.17. The Hall–Kier alpha value is -1.09. The number of nitrogens with one attached hydrogen (secondary N) is 1. The highest BCUT2D eigenvalue weighted by molar-refractivity contribution is 5.81. The number of ether oxygens (including phenoxy) is 1. The van der Waals surface area contributed by atoms with Gasteiger partial charge in [0.1, 0.15) is 6.10 Å². The van der Waals surface area contributed by atoms with E-state index in [1.807, 2.05) is 13.8 Å². The van der Waals surface area contributed by atoms with Gasteiger partial charge in [0.25, 0.3) is 0 Å². The van der Waals surface area contributed by atoms with Gasteiger partial charge in [-0.3, -0.25) is 4.79 Å². The average Bonchev–Trinajstić information content (AvgIpc) is 2.12. The van der Waals surface area contributed by atoms with Crippen LogP contribution in [0.1, 0.15) is 20.3 Å². The summed E-state index contributed by atoms with van der Waals surface area (Å²) in [5.41, 5.74) is 0.935. The molecule has 0 heterocycles.